The molecular formula is C12H15NO3. The van der Waals surface area contributed by atoms with Gasteiger partial charge in [-0.2, -0.15) is 0 Å². The fourth-order valence-electron chi connectivity index (χ4n) is 2.11. The molecule has 1 aromatic rings. The number of rotatable bonds is 3. The van der Waals surface area contributed by atoms with Gasteiger partial charge in [0.05, 0.1) is 7.11 Å². The summed E-state index contributed by atoms with van der Waals surface area (Å²) in [7, 11) is 1.62. The Bertz CT molecular complexity index is 374. The highest BCUT2D eigenvalue weighted by Gasteiger charge is 2.30. The van der Waals surface area contributed by atoms with Crippen LogP contribution in [0.3, 0.4) is 0 Å². The molecule has 2 rings (SSSR count). The van der Waals surface area contributed by atoms with Crippen LogP contribution in [0.2, 0.25) is 0 Å². The zero-order valence-electron chi connectivity index (χ0n) is 9.22. The van der Waals surface area contributed by atoms with Crippen molar-refractivity contribution in [3.63, 3.8) is 0 Å². The average molecular weight is 221 g/mol. The van der Waals surface area contributed by atoms with E-state index < -0.39 is 5.97 Å². The van der Waals surface area contributed by atoms with Crippen LogP contribution in [0, 0.1) is 0 Å². The van der Waals surface area contributed by atoms with E-state index >= 15 is 0 Å². The first kappa shape index (κ1) is 10.8. The van der Waals surface area contributed by atoms with Gasteiger partial charge in [-0.15, -0.1) is 0 Å². The highest BCUT2D eigenvalue weighted by Crippen LogP contribution is 2.27. The zero-order chi connectivity index (χ0) is 11.5. The smallest absolute Gasteiger partial charge is 0.326 e. The molecule has 0 amide bonds. The average Bonchev–Trinajstić information content (AvgIpc) is 2.78. The van der Waals surface area contributed by atoms with E-state index in [9.17, 15) is 4.79 Å². The molecule has 1 aliphatic heterocycles. The Kier molecular flexibility index (Phi) is 2.99. The fourth-order valence-corrected chi connectivity index (χ4v) is 2.11. The Morgan fingerprint density at radius 3 is 2.69 bits per heavy atom. The molecule has 0 aromatic heterocycles. The predicted octanol–water partition coefficient (Wildman–Crippen LogP) is 1.75. The molecule has 1 fully saturated rings. The van der Waals surface area contributed by atoms with E-state index in [1.165, 1.54) is 0 Å². The molecule has 1 saturated heterocycles. The molecule has 86 valence electrons. The second-order valence-corrected chi connectivity index (χ2v) is 3.89. The van der Waals surface area contributed by atoms with Gasteiger partial charge in [-0.05, 0) is 37.1 Å². The molecule has 0 aliphatic carbocycles. The van der Waals surface area contributed by atoms with Crippen LogP contribution in [-0.4, -0.2) is 30.8 Å². The number of aliphatic carboxylic acids is 1. The minimum absolute atomic E-state index is 0.381. The highest BCUT2D eigenvalue weighted by molar-refractivity contribution is 5.79. The number of benzene rings is 1. The molecule has 1 heterocycles. The van der Waals surface area contributed by atoms with Crippen molar-refractivity contribution in [1.29, 1.82) is 0 Å². The summed E-state index contributed by atoms with van der Waals surface area (Å²) in [5.41, 5.74) is 0.950. The Balaban J connectivity index is 2.19. The molecule has 0 spiro atoms. The number of hydrogen-bond donors (Lipinski definition) is 1. The highest BCUT2D eigenvalue weighted by atomic mass is 16.5. The van der Waals surface area contributed by atoms with E-state index in [1.54, 1.807) is 7.11 Å². The summed E-state index contributed by atoms with van der Waals surface area (Å²) in [6.07, 6.45) is 1.66. The summed E-state index contributed by atoms with van der Waals surface area (Å²) >= 11 is 0. The minimum atomic E-state index is -0.742. The van der Waals surface area contributed by atoms with E-state index in [-0.39, 0.29) is 6.04 Å². The van der Waals surface area contributed by atoms with Crippen molar-refractivity contribution in [3.8, 4) is 5.75 Å². The van der Waals surface area contributed by atoms with Crippen LogP contribution in [0.25, 0.3) is 0 Å². The van der Waals surface area contributed by atoms with Crippen LogP contribution >= 0.6 is 0 Å². The van der Waals surface area contributed by atoms with Crippen molar-refractivity contribution in [1.82, 2.24) is 0 Å². The minimum Gasteiger partial charge on any atom is -0.497 e. The quantitative estimate of drug-likeness (QED) is 0.844. The lowest BCUT2D eigenvalue weighted by molar-refractivity contribution is -0.138. The largest absolute Gasteiger partial charge is 0.497 e. The number of hydrogen-bond acceptors (Lipinski definition) is 3. The first-order chi connectivity index (χ1) is 7.72. The monoisotopic (exact) mass is 221 g/mol. The van der Waals surface area contributed by atoms with Gasteiger partial charge >= 0.3 is 5.97 Å². The van der Waals surface area contributed by atoms with Gasteiger partial charge in [-0.25, -0.2) is 4.79 Å². The number of carbonyl (C=O) groups is 1. The Labute approximate surface area is 94.4 Å². The van der Waals surface area contributed by atoms with E-state index in [2.05, 4.69) is 0 Å². The van der Waals surface area contributed by atoms with Crippen LogP contribution in [-0.2, 0) is 4.79 Å². The topological polar surface area (TPSA) is 49.8 Å². The van der Waals surface area contributed by atoms with Gasteiger partial charge in [0.15, 0.2) is 0 Å². The molecule has 0 unspecified atom stereocenters. The van der Waals surface area contributed by atoms with Gasteiger partial charge in [-0.3, -0.25) is 0 Å². The van der Waals surface area contributed by atoms with Crippen LogP contribution < -0.4 is 9.64 Å². The molecule has 1 aromatic carbocycles. The van der Waals surface area contributed by atoms with Gasteiger partial charge in [0, 0.05) is 12.2 Å². The molecular weight excluding hydrogens is 206 g/mol. The second kappa shape index (κ2) is 4.43. The van der Waals surface area contributed by atoms with E-state index in [0.29, 0.717) is 0 Å². The molecule has 1 atom stereocenters. The van der Waals surface area contributed by atoms with Gasteiger partial charge in [0.1, 0.15) is 11.8 Å². The summed E-state index contributed by atoms with van der Waals surface area (Å²) in [6, 6.07) is 7.13. The molecule has 0 radical (unpaired) electrons. The number of carboxylic acids is 1. The van der Waals surface area contributed by atoms with E-state index in [4.69, 9.17) is 9.84 Å². The maximum Gasteiger partial charge on any atom is 0.326 e. The molecule has 4 nitrogen and oxygen atoms in total. The third-order valence-corrected chi connectivity index (χ3v) is 2.94. The number of ether oxygens (including phenoxy) is 1. The van der Waals surface area contributed by atoms with E-state index in [0.717, 1.165) is 30.8 Å². The number of nitrogens with zero attached hydrogens (tertiary/aromatic N) is 1. The van der Waals surface area contributed by atoms with Crippen molar-refractivity contribution in [2.75, 3.05) is 18.6 Å². The molecule has 1 aliphatic rings. The van der Waals surface area contributed by atoms with Gasteiger partial charge in [0.25, 0.3) is 0 Å². The van der Waals surface area contributed by atoms with Gasteiger partial charge < -0.3 is 14.7 Å². The lowest BCUT2D eigenvalue weighted by atomic mass is 10.2. The summed E-state index contributed by atoms with van der Waals surface area (Å²) in [5.74, 6) is 0.0446. The molecule has 16 heavy (non-hydrogen) atoms. The van der Waals surface area contributed by atoms with Crippen LogP contribution in [0.4, 0.5) is 5.69 Å². The van der Waals surface area contributed by atoms with E-state index in [1.807, 2.05) is 29.2 Å². The fraction of sp³-hybridized carbons (Fsp3) is 0.417. The van der Waals surface area contributed by atoms with Crippen LogP contribution in [0.5, 0.6) is 5.75 Å². The van der Waals surface area contributed by atoms with Crippen molar-refractivity contribution in [3.05, 3.63) is 24.3 Å². The Morgan fingerprint density at radius 2 is 2.12 bits per heavy atom. The van der Waals surface area contributed by atoms with Crippen LogP contribution in [0.15, 0.2) is 24.3 Å². The summed E-state index contributed by atoms with van der Waals surface area (Å²) < 4.78 is 5.07. The first-order valence-corrected chi connectivity index (χ1v) is 5.36. The maximum absolute atomic E-state index is 11.0. The number of anilines is 1. The Morgan fingerprint density at radius 1 is 1.44 bits per heavy atom. The Hall–Kier alpha value is -1.71. The first-order valence-electron chi connectivity index (χ1n) is 5.36. The standard InChI is InChI=1S/C12H15NO3/c1-16-10-6-4-9(5-7-10)13-8-2-3-11(13)12(14)15/h4-7,11H,2-3,8H2,1H3,(H,14,15)/t11-/m1/s1. The second-order valence-electron chi connectivity index (χ2n) is 3.89. The van der Waals surface area contributed by atoms with Gasteiger partial charge in [0.2, 0.25) is 0 Å². The lowest BCUT2D eigenvalue weighted by Gasteiger charge is -2.23. The summed E-state index contributed by atoms with van der Waals surface area (Å²) in [4.78, 5) is 13.0. The number of methoxy groups -OCH3 is 1. The molecule has 0 saturated carbocycles. The molecule has 1 N–H and O–H groups in total. The SMILES string of the molecule is COc1ccc(N2CCC[C@@H]2C(=O)O)cc1. The molecule has 0 bridgehead atoms. The lowest BCUT2D eigenvalue weighted by Crippen LogP contribution is -2.35. The van der Waals surface area contributed by atoms with Crippen molar-refractivity contribution in [2.24, 2.45) is 0 Å². The van der Waals surface area contributed by atoms with Crippen molar-refractivity contribution >= 4 is 11.7 Å². The third kappa shape index (κ3) is 1.96. The molecule has 4 heteroatoms. The summed E-state index contributed by atoms with van der Waals surface area (Å²) in [5, 5.41) is 9.08. The van der Waals surface area contributed by atoms with Crippen molar-refractivity contribution < 1.29 is 14.6 Å². The van der Waals surface area contributed by atoms with Crippen LogP contribution in [0.1, 0.15) is 12.8 Å². The normalized spacial score (nSPS) is 19.8. The summed E-state index contributed by atoms with van der Waals surface area (Å²) in [6.45, 7) is 0.809. The zero-order valence-corrected chi connectivity index (χ0v) is 9.22. The predicted molar refractivity (Wildman–Crippen MR) is 61.0 cm³/mol. The van der Waals surface area contributed by atoms with Crippen molar-refractivity contribution in [2.45, 2.75) is 18.9 Å². The number of carboxylic acid groups (broad SMARTS) is 1. The third-order valence-electron chi connectivity index (χ3n) is 2.94. The van der Waals surface area contributed by atoms with Gasteiger partial charge in [-0.1, -0.05) is 0 Å². The maximum atomic E-state index is 11.0.